The van der Waals surface area contributed by atoms with Crippen molar-refractivity contribution in [2.45, 2.75) is 20.8 Å². The van der Waals surface area contributed by atoms with Gasteiger partial charge >= 0.3 is 0 Å². The minimum Gasteiger partial charge on any atom is -0.329 e. The molecule has 0 saturated carbocycles. The molecule has 1 N–H and O–H groups in total. The second kappa shape index (κ2) is 6.34. The van der Waals surface area contributed by atoms with Crippen molar-refractivity contribution in [3.8, 4) is 11.3 Å². The molecule has 23 heavy (non-hydrogen) atoms. The number of nitrogens with zero attached hydrogens (tertiary/aromatic N) is 2. The first-order chi connectivity index (χ1) is 11.0. The molecule has 0 aliphatic heterocycles. The molecule has 0 atom stereocenters. The Morgan fingerprint density at radius 2 is 1.52 bits per heavy atom. The summed E-state index contributed by atoms with van der Waals surface area (Å²) >= 11 is 5.39. The van der Waals surface area contributed by atoms with Crippen molar-refractivity contribution in [3.05, 3.63) is 76.2 Å². The molecule has 0 bridgehead atoms. The lowest BCUT2D eigenvalue weighted by Crippen LogP contribution is -1.99. The lowest BCUT2D eigenvalue weighted by atomic mass is 10.1. The number of hydrogen-bond donors (Lipinski definition) is 1. The van der Waals surface area contributed by atoms with E-state index in [1.54, 1.807) is 4.68 Å². The lowest BCUT2D eigenvalue weighted by Gasteiger charge is -2.01. The molecule has 0 radical (unpaired) electrons. The summed E-state index contributed by atoms with van der Waals surface area (Å²) in [7, 11) is 0. The summed E-state index contributed by atoms with van der Waals surface area (Å²) in [5.74, 6) is 0. The summed E-state index contributed by atoms with van der Waals surface area (Å²) in [6, 6.07) is 16.7. The van der Waals surface area contributed by atoms with Crippen molar-refractivity contribution in [3.63, 3.8) is 0 Å². The Morgan fingerprint density at radius 3 is 2.13 bits per heavy atom. The van der Waals surface area contributed by atoms with Gasteiger partial charge < -0.3 is 4.98 Å². The van der Waals surface area contributed by atoms with Crippen molar-refractivity contribution < 1.29 is 0 Å². The Morgan fingerprint density at radius 1 is 0.957 bits per heavy atom. The van der Waals surface area contributed by atoms with E-state index in [1.165, 1.54) is 11.1 Å². The van der Waals surface area contributed by atoms with Crippen LogP contribution in [0.3, 0.4) is 0 Å². The Kier molecular flexibility index (Phi) is 4.26. The van der Waals surface area contributed by atoms with Crippen LogP contribution in [0.5, 0.6) is 0 Å². The fraction of sp³-hybridized carbons (Fsp3) is 0.158. The van der Waals surface area contributed by atoms with Crippen molar-refractivity contribution in [1.29, 1.82) is 0 Å². The Bertz CT molecular complexity index is 897. The smallest absolute Gasteiger partial charge is 0.198 e. The van der Waals surface area contributed by atoms with E-state index in [9.17, 15) is 0 Å². The molecule has 116 valence electrons. The molecule has 3 nitrogen and oxygen atoms in total. The second-order valence-corrected chi connectivity index (χ2v) is 6.12. The third-order valence-corrected chi connectivity index (χ3v) is 4.08. The summed E-state index contributed by atoms with van der Waals surface area (Å²) in [5, 5.41) is 4.62. The molecule has 1 aromatic heterocycles. The van der Waals surface area contributed by atoms with Crippen molar-refractivity contribution in [2.24, 2.45) is 5.10 Å². The van der Waals surface area contributed by atoms with Gasteiger partial charge in [-0.25, -0.2) is 4.68 Å². The number of benzene rings is 2. The van der Waals surface area contributed by atoms with Gasteiger partial charge in [-0.15, -0.1) is 0 Å². The largest absolute Gasteiger partial charge is 0.329 e. The fourth-order valence-electron chi connectivity index (χ4n) is 2.35. The van der Waals surface area contributed by atoms with Crippen LogP contribution in [0.25, 0.3) is 11.3 Å². The van der Waals surface area contributed by atoms with Crippen molar-refractivity contribution >= 4 is 17.9 Å². The van der Waals surface area contributed by atoms with Crippen LogP contribution in [0.1, 0.15) is 23.6 Å². The number of aryl methyl sites for hydroxylation is 2. The standard InChI is InChI=1S/C19H19N3S/c1-13-4-8-16(9-5-13)15(3)21-22-12-18(20-19(22)23)17-10-6-14(2)7-11-17/h4-12H,1-3H3,(H,20,23)/b21-15-. The van der Waals surface area contributed by atoms with Crippen molar-refractivity contribution in [2.75, 3.05) is 0 Å². The van der Waals surface area contributed by atoms with Gasteiger partial charge in [0.05, 0.1) is 17.6 Å². The summed E-state index contributed by atoms with van der Waals surface area (Å²) < 4.78 is 2.31. The monoisotopic (exact) mass is 321 g/mol. The zero-order valence-electron chi connectivity index (χ0n) is 13.5. The van der Waals surface area contributed by atoms with E-state index in [0.717, 1.165) is 22.5 Å². The molecule has 1 heterocycles. The maximum atomic E-state index is 5.39. The van der Waals surface area contributed by atoms with Crippen LogP contribution in [0.2, 0.25) is 0 Å². The Balaban J connectivity index is 1.94. The van der Waals surface area contributed by atoms with Crippen molar-refractivity contribution in [1.82, 2.24) is 9.66 Å². The van der Waals surface area contributed by atoms with Gasteiger partial charge in [0.15, 0.2) is 4.77 Å². The molecule has 0 fully saturated rings. The van der Waals surface area contributed by atoms with Crippen LogP contribution in [0, 0.1) is 18.6 Å². The third-order valence-electron chi connectivity index (χ3n) is 3.79. The quantitative estimate of drug-likeness (QED) is 0.528. The third kappa shape index (κ3) is 3.48. The van der Waals surface area contributed by atoms with Gasteiger partial charge in [0, 0.05) is 0 Å². The highest BCUT2D eigenvalue weighted by molar-refractivity contribution is 7.71. The average molecular weight is 321 g/mol. The zero-order chi connectivity index (χ0) is 16.4. The van der Waals surface area contributed by atoms with E-state index in [1.807, 2.05) is 13.1 Å². The Hall–Kier alpha value is -2.46. The van der Waals surface area contributed by atoms with E-state index >= 15 is 0 Å². The number of aromatic amines is 1. The first kappa shape index (κ1) is 15.4. The first-order valence-corrected chi connectivity index (χ1v) is 7.95. The highest BCUT2D eigenvalue weighted by Gasteiger charge is 2.04. The van der Waals surface area contributed by atoms with E-state index in [4.69, 9.17) is 12.2 Å². The topological polar surface area (TPSA) is 33.1 Å². The average Bonchev–Trinajstić information content (AvgIpc) is 2.89. The molecule has 0 aliphatic carbocycles. The predicted molar refractivity (Wildman–Crippen MR) is 98.6 cm³/mol. The molecule has 3 aromatic rings. The molecule has 0 amide bonds. The fourth-order valence-corrected chi connectivity index (χ4v) is 2.56. The van der Waals surface area contributed by atoms with Gasteiger partial charge in [-0.3, -0.25) is 0 Å². The minimum absolute atomic E-state index is 0.590. The van der Waals surface area contributed by atoms with E-state index in [2.05, 4.69) is 72.5 Å². The van der Waals surface area contributed by atoms with Crippen LogP contribution in [-0.2, 0) is 0 Å². The lowest BCUT2D eigenvalue weighted by molar-refractivity contribution is 0.857. The number of imidazole rings is 1. The zero-order valence-corrected chi connectivity index (χ0v) is 14.3. The molecule has 4 heteroatoms. The highest BCUT2D eigenvalue weighted by Crippen LogP contribution is 2.18. The summed E-state index contributed by atoms with van der Waals surface area (Å²) in [5.41, 5.74) is 6.56. The summed E-state index contributed by atoms with van der Waals surface area (Å²) in [6.45, 7) is 6.14. The number of hydrogen-bond acceptors (Lipinski definition) is 2. The molecule has 0 unspecified atom stereocenters. The maximum absolute atomic E-state index is 5.39. The van der Waals surface area contributed by atoms with Crippen LogP contribution < -0.4 is 0 Å². The number of rotatable bonds is 3. The molecular weight excluding hydrogens is 302 g/mol. The van der Waals surface area contributed by atoms with Crippen LogP contribution in [0.4, 0.5) is 0 Å². The van der Waals surface area contributed by atoms with Gasteiger partial charge in [0.1, 0.15) is 0 Å². The molecule has 0 saturated heterocycles. The number of nitrogens with one attached hydrogen (secondary N) is 1. The molecule has 3 rings (SSSR count). The van der Waals surface area contributed by atoms with Gasteiger partial charge in [0.25, 0.3) is 0 Å². The SMILES string of the molecule is C/C(=N/n1cc(-c2ccc(C)cc2)[nH]c1=S)c1ccc(C)cc1. The van der Waals surface area contributed by atoms with Crippen LogP contribution in [0.15, 0.2) is 59.8 Å². The van der Waals surface area contributed by atoms with Gasteiger partial charge in [-0.05, 0) is 44.1 Å². The van der Waals surface area contributed by atoms with Gasteiger partial charge in [0.2, 0.25) is 0 Å². The number of H-pyrrole nitrogens is 1. The Labute approximate surface area is 141 Å². The van der Waals surface area contributed by atoms with E-state index < -0.39 is 0 Å². The predicted octanol–water partition coefficient (Wildman–Crippen LogP) is 5.10. The maximum Gasteiger partial charge on any atom is 0.198 e. The van der Waals surface area contributed by atoms with Crippen LogP contribution >= 0.6 is 12.2 Å². The molecule has 0 aliphatic rings. The van der Waals surface area contributed by atoms with Gasteiger partial charge in [-0.1, -0.05) is 59.7 Å². The van der Waals surface area contributed by atoms with E-state index in [0.29, 0.717) is 4.77 Å². The summed E-state index contributed by atoms with van der Waals surface area (Å²) in [6.07, 6.45) is 1.94. The minimum atomic E-state index is 0.590. The van der Waals surface area contributed by atoms with Gasteiger partial charge in [-0.2, -0.15) is 5.10 Å². The molecular formula is C19H19N3S. The van der Waals surface area contributed by atoms with E-state index in [-0.39, 0.29) is 0 Å². The first-order valence-electron chi connectivity index (χ1n) is 7.54. The van der Waals surface area contributed by atoms with Crippen LogP contribution in [-0.4, -0.2) is 15.4 Å². The molecule has 2 aromatic carbocycles. The molecule has 0 spiro atoms. The highest BCUT2D eigenvalue weighted by atomic mass is 32.1. The summed E-state index contributed by atoms with van der Waals surface area (Å²) in [4.78, 5) is 3.22. The normalized spacial score (nSPS) is 11.7. The number of aromatic nitrogens is 2. The second-order valence-electron chi connectivity index (χ2n) is 5.73.